The van der Waals surface area contributed by atoms with E-state index in [2.05, 4.69) is 10.3 Å². The van der Waals surface area contributed by atoms with Crippen LogP contribution in [0.15, 0.2) is 36.5 Å². The molecule has 14 heteroatoms. The Labute approximate surface area is 235 Å². The number of hydrogen-bond donors (Lipinski definition) is 1. The van der Waals surface area contributed by atoms with Gasteiger partial charge in [-0.2, -0.15) is 0 Å². The number of nitrogens with two attached hydrogens (primary N) is 1. The van der Waals surface area contributed by atoms with Gasteiger partial charge in [0.25, 0.3) is 0 Å². The lowest BCUT2D eigenvalue weighted by Gasteiger charge is -2.45. The highest BCUT2D eigenvalue weighted by atomic mass is 32.2. The van der Waals surface area contributed by atoms with Crippen LogP contribution in [-0.4, -0.2) is 101 Å². The Morgan fingerprint density at radius 3 is 2.38 bits per heavy atom. The van der Waals surface area contributed by atoms with Crippen molar-refractivity contribution in [3.05, 3.63) is 36.5 Å². The molecule has 2 aliphatic heterocycles. The number of carbonyl (C=O) groups excluding carboxylic acids is 3. The van der Waals surface area contributed by atoms with Gasteiger partial charge in [-0.05, 0) is 0 Å². The first-order valence-electron chi connectivity index (χ1n) is 12.8. The van der Waals surface area contributed by atoms with E-state index < -0.39 is 65.1 Å². The van der Waals surface area contributed by atoms with E-state index in [0.29, 0.717) is 5.69 Å². The van der Waals surface area contributed by atoms with Crippen LogP contribution < -0.4 is 5.73 Å². The zero-order chi connectivity index (χ0) is 28.8. The third kappa shape index (κ3) is 7.18. The number of methoxy groups -OCH3 is 1. The number of nitrogens with zero attached hydrogens (tertiary/aromatic N) is 3. The number of ether oxygens (including phenoxy) is 6. The molecule has 2 aliphatic rings. The minimum Gasteiger partial charge on any atom is -0.463 e. The van der Waals surface area contributed by atoms with Gasteiger partial charge in [0.05, 0.1) is 30.7 Å². The molecular weight excluding hydrogens is 544 g/mol. The third-order valence-corrected chi connectivity index (χ3v) is 7.98. The SMILES string of the molecule is COC1C(SC2COCC(n3cc(-c4ccccc4)nn3)C2OC(C)=O)OC(COC(C)=O)C(OC(C)=O)C1N. The molecule has 13 nitrogen and oxygen atoms in total. The molecule has 40 heavy (non-hydrogen) atoms. The first-order chi connectivity index (χ1) is 19.2. The minimum atomic E-state index is -0.912. The Bertz CT molecular complexity index is 1170. The van der Waals surface area contributed by atoms with Crippen molar-refractivity contribution < 1.29 is 42.8 Å². The summed E-state index contributed by atoms with van der Waals surface area (Å²) in [5.74, 6) is -1.53. The van der Waals surface area contributed by atoms with Crippen molar-refractivity contribution in [3.63, 3.8) is 0 Å². The van der Waals surface area contributed by atoms with Gasteiger partial charge >= 0.3 is 17.9 Å². The Morgan fingerprint density at radius 1 is 1.02 bits per heavy atom. The van der Waals surface area contributed by atoms with E-state index in [0.717, 1.165) is 5.56 Å². The second kappa shape index (κ2) is 13.5. The molecule has 1 aromatic heterocycles. The van der Waals surface area contributed by atoms with Gasteiger partial charge in [0, 0.05) is 33.4 Å². The number of rotatable bonds is 9. The van der Waals surface area contributed by atoms with E-state index >= 15 is 0 Å². The summed E-state index contributed by atoms with van der Waals surface area (Å²) in [7, 11) is 1.48. The summed E-state index contributed by atoms with van der Waals surface area (Å²) < 4.78 is 35.9. The van der Waals surface area contributed by atoms with E-state index in [1.54, 1.807) is 10.9 Å². The molecule has 1 aromatic carbocycles. The first-order valence-corrected chi connectivity index (χ1v) is 13.7. The van der Waals surface area contributed by atoms with Gasteiger partial charge in [0.1, 0.15) is 48.2 Å². The van der Waals surface area contributed by atoms with Crippen molar-refractivity contribution in [1.29, 1.82) is 0 Å². The van der Waals surface area contributed by atoms with Crippen LogP contribution in [-0.2, 0) is 42.8 Å². The number of esters is 3. The average molecular weight is 579 g/mol. The van der Waals surface area contributed by atoms with Gasteiger partial charge in [0.15, 0.2) is 0 Å². The van der Waals surface area contributed by atoms with E-state index in [1.807, 2.05) is 30.3 Å². The Hall–Kier alpha value is -3.04. The second-order valence-corrected chi connectivity index (χ2v) is 10.8. The molecule has 2 N–H and O–H groups in total. The molecule has 2 aromatic rings. The van der Waals surface area contributed by atoms with Crippen LogP contribution >= 0.6 is 11.8 Å². The number of benzene rings is 1. The highest BCUT2D eigenvalue weighted by molar-refractivity contribution is 8.00. The molecule has 0 saturated carbocycles. The van der Waals surface area contributed by atoms with Crippen LogP contribution in [0.5, 0.6) is 0 Å². The van der Waals surface area contributed by atoms with Gasteiger partial charge in [0.2, 0.25) is 0 Å². The summed E-state index contributed by atoms with van der Waals surface area (Å²) in [5, 5.41) is 8.18. The summed E-state index contributed by atoms with van der Waals surface area (Å²) in [5.41, 5.74) is 7.36. The number of thioether (sulfide) groups is 1. The fraction of sp³-hybridized carbons (Fsp3) is 0.577. The number of aromatic nitrogens is 3. The summed E-state index contributed by atoms with van der Waals surface area (Å²) in [6.45, 7) is 4.18. The lowest BCUT2D eigenvalue weighted by atomic mass is 9.97. The van der Waals surface area contributed by atoms with Crippen molar-refractivity contribution in [1.82, 2.24) is 15.0 Å². The lowest BCUT2D eigenvalue weighted by molar-refractivity contribution is -0.196. The van der Waals surface area contributed by atoms with Crippen molar-refractivity contribution in [2.24, 2.45) is 5.73 Å². The van der Waals surface area contributed by atoms with Gasteiger partial charge in [-0.1, -0.05) is 35.5 Å². The molecule has 3 heterocycles. The molecule has 8 unspecified atom stereocenters. The zero-order valence-corrected chi connectivity index (χ0v) is 23.5. The average Bonchev–Trinajstić information content (AvgIpc) is 3.40. The molecule has 2 fully saturated rings. The molecule has 0 bridgehead atoms. The molecule has 0 spiro atoms. The van der Waals surface area contributed by atoms with Crippen molar-refractivity contribution in [2.75, 3.05) is 26.9 Å². The Morgan fingerprint density at radius 2 is 1.73 bits per heavy atom. The van der Waals surface area contributed by atoms with Crippen LogP contribution in [0.25, 0.3) is 11.3 Å². The van der Waals surface area contributed by atoms with Crippen LogP contribution in [0, 0.1) is 0 Å². The zero-order valence-electron chi connectivity index (χ0n) is 22.7. The predicted octanol–water partition coefficient (Wildman–Crippen LogP) is 1.11. The normalized spacial score (nSPS) is 30.3. The summed E-state index contributed by atoms with van der Waals surface area (Å²) in [4.78, 5) is 35.5. The highest BCUT2D eigenvalue weighted by Crippen LogP contribution is 2.39. The minimum absolute atomic E-state index is 0.174. The fourth-order valence-electron chi connectivity index (χ4n) is 4.79. The number of hydrogen-bond acceptors (Lipinski definition) is 13. The topological polar surface area (TPSA) is 163 Å². The largest absolute Gasteiger partial charge is 0.463 e. The maximum Gasteiger partial charge on any atom is 0.303 e. The van der Waals surface area contributed by atoms with Crippen LogP contribution in [0.3, 0.4) is 0 Å². The molecular formula is C26H34N4O9S. The van der Waals surface area contributed by atoms with Crippen molar-refractivity contribution in [3.8, 4) is 11.3 Å². The lowest BCUT2D eigenvalue weighted by Crippen LogP contribution is -2.63. The molecule has 8 atom stereocenters. The van der Waals surface area contributed by atoms with Crippen LogP contribution in [0.4, 0.5) is 0 Å². The van der Waals surface area contributed by atoms with Gasteiger partial charge < -0.3 is 34.2 Å². The van der Waals surface area contributed by atoms with Crippen molar-refractivity contribution in [2.45, 2.75) is 68.0 Å². The van der Waals surface area contributed by atoms with E-state index in [-0.39, 0.29) is 19.8 Å². The summed E-state index contributed by atoms with van der Waals surface area (Å²) in [6.07, 6.45) is -1.33. The maximum atomic E-state index is 12.2. The molecule has 0 aliphatic carbocycles. The molecule has 218 valence electrons. The first kappa shape index (κ1) is 29.9. The fourth-order valence-corrected chi connectivity index (χ4v) is 6.35. The van der Waals surface area contributed by atoms with Gasteiger partial charge in [-0.15, -0.1) is 16.9 Å². The van der Waals surface area contributed by atoms with E-state index in [1.165, 1.54) is 39.6 Å². The van der Waals surface area contributed by atoms with Crippen LogP contribution in [0.1, 0.15) is 26.8 Å². The predicted molar refractivity (Wildman–Crippen MR) is 142 cm³/mol. The standard InChI is InChI=1S/C26H34N4O9S/c1-14(31)36-12-20-24(38-16(3)33)22(27)25(34-4)26(39-20)40-21-13-35-11-19(23(21)37-15(2)32)30-10-18(28-29-30)17-8-6-5-7-9-17/h5-10,19-26H,11-13,27H2,1-4H3. The van der Waals surface area contributed by atoms with Crippen LogP contribution in [0.2, 0.25) is 0 Å². The molecule has 4 rings (SSSR count). The van der Waals surface area contributed by atoms with Crippen molar-refractivity contribution >= 4 is 29.7 Å². The monoisotopic (exact) mass is 578 g/mol. The van der Waals surface area contributed by atoms with E-state index in [9.17, 15) is 14.4 Å². The number of carbonyl (C=O) groups is 3. The third-order valence-electron chi connectivity index (χ3n) is 6.57. The molecule has 0 amide bonds. The van der Waals surface area contributed by atoms with E-state index in [4.69, 9.17) is 34.2 Å². The smallest absolute Gasteiger partial charge is 0.303 e. The van der Waals surface area contributed by atoms with Gasteiger partial charge in [-0.25, -0.2) is 4.68 Å². The quantitative estimate of drug-likeness (QED) is 0.333. The Kier molecular flexibility index (Phi) is 10.1. The molecule has 2 saturated heterocycles. The highest BCUT2D eigenvalue weighted by Gasteiger charge is 2.50. The molecule has 0 radical (unpaired) electrons. The second-order valence-electron chi connectivity index (χ2n) is 9.50. The maximum absolute atomic E-state index is 12.2. The van der Waals surface area contributed by atoms with Gasteiger partial charge in [-0.3, -0.25) is 14.4 Å². The Balaban J connectivity index is 1.57. The summed E-state index contributed by atoms with van der Waals surface area (Å²) in [6, 6.07) is 8.33. The summed E-state index contributed by atoms with van der Waals surface area (Å²) >= 11 is 1.32.